The van der Waals surface area contributed by atoms with Crippen molar-refractivity contribution in [2.45, 2.75) is 64.0 Å². The maximum atomic E-state index is 14.3. The molecule has 7 nitrogen and oxygen atoms in total. The van der Waals surface area contributed by atoms with Gasteiger partial charge in [-0.2, -0.15) is 15.3 Å². The van der Waals surface area contributed by atoms with Crippen molar-refractivity contribution in [3.8, 4) is 22.9 Å². The highest BCUT2D eigenvalue weighted by molar-refractivity contribution is 9.10. The van der Waals surface area contributed by atoms with Gasteiger partial charge in [-0.3, -0.25) is 9.36 Å². The number of aromatic nitrogens is 4. The van der Waals surface area contributed by atoms with Crippen LogP contribution >= 0.6 is 15.9 Å². The van der Waals surface area contributed by atoms with Crippen LogP contribution in [0.1, 0.15) is 67.5 Å². The van der Waals surface area contributed by atoms with Crippen LogP contribution in [0.15, 0.2) is 88.4 Å². The Morgan fingerprint density at radius 2 is 1.74 bits per heavy atom. The normalized spacial score (nSPS) is 16.8. The molecule has 5 aromatic rings. The molecule has 0 N–H and O–H groups in total. The van der Waals surface area contributed by atoms with Crippen LogP contribution in [0.2, 0.25) is 0 Å². The average molecular weight is 623 g/mol. The minimum atomic E-state index is 0.0233. The molecule has 0 atom stereocenters. The number of ether oxygens (including phenoxy) is 1. The molecule has 212 valence electrons. The standard InChI is InChI=1S/C34H32BrN5O2/c1-2-5-32-31(20-23-8-10-24(11-9-23)30-7-4-3-6-25(30)21-36)33(41)39(34-37-22-38-40(32)34)27-14-18-29(19-15-27)42-28-16-12-26(35)13-17-28/h3-4,6-13,16-17,22,27,29H,2,5,14-15,18-20H2,1H3/t27-,29-. The van der Waals surface area contributed by atoms with E-state index in [-0.39, 0.29) is 17.7 Å². The Bertz CT molecular complexity index is 1790. The second-order valence-electron chi connectivity index (χ2n) is 10.9. The summed E-state index contributed by atoms with van der Waals surface area (Å²) in [7, 11) is 0. The van der Waals surface area contributed by atoms with Gasteiger partial charge in [0.15, 0.2) is 0 Å². The maximum absolute atomic E-state index is 14.3. The van der Waals surface area contributed by atoms with Crippen molar-refractivity contribution in [3.63, 3.8) is 0 Å². The fraction of sp³-hybridized carbons (Fsp3) is 0.294. The molecule has 1 aliphatic rings. The molecule has 6 rings (SSSR count). The van der Waals surface area contributed by atoms with Crippen molar-refractivity contribution in [2.75, 3.05) is 0 Å². The highest BCUT2D eigenvalue weighted by Crippen LogP contribution is 2.32. The molecule has 0 radical (unpaired) electrons. The van der Waals surface area contributed by atoms with Crippen molar-refractivity contribution in [3.05, 3.63) is 116 Å². The van der Waals surface area contributed by atoms with Gasteiger partial charge in [0, 0.05) is 22.5 Å². The zero-order valence-corrected chi connectivity index (χ0v) is 25.1. The molecule has 0 amide bonds. The summed E-state index contributed by atoms with van der Waals surface area (Å²) in [5.74, 6) is 1.49. The smallest absolute Gasteiger partial charge is 0.259 e. The summed E-state index contributed by atoms with van der Waals surface area (Å²) in [6.45, 7) is 2.12. The third-order valence-electron chi connectivity index (χ3n) is 8.13. The maximum Gasteiger partial charge on any atom is 0.259 e. The van der Waals surface area contributed by atoms with Crippen LogP contribution in [0, 0.1) is 11.3 Å². The molecule has 0 unspecified atom stereocenters. The van der Waals surface area contributed by atoms with E-state index < -0.39 is 0 Å². The number of rotatable bonds is 8. The fourth-order valence-corrected chi connectivity index (χ4v) is 6.31. The lowest BCUT2D eigenvalue weighted by Crippen LogP contribution is -2.35. The minimum Gasteiger partial charge on any atom is -0.490 e. The molecule has 8 heteroatoms. The average Bonchev–Trinajstić information content (AvgIpc) is 3.50. The summed E-state index contributed by atoms with van der Waals surface area (Å²) >= 11 is 3.48. The Kier molecular flexibility index (Phi) is 8.20. The predicted octanol–water partition coefficient (Wildman–Crippen LogP) is 7.30. The van der Waals surface area contributed by atoms with Gasteiger partial charge >= 0.3 is 0 Å². The van der Waals surface area contributed by atoms with Crippen LogP contribution in [-0.2, 0) is 12.8 Å². The molecule has 2 aromatic heterocycles. The van der Waals surface area contributed by atoms with E-state index >= 15 is 0 Å². The summed E-state index contributed by atoms with van der Waals surface area (Å²) in [6, 6.07) is 26.0. The topological polar surface area (TPSA) is 85.2 Å². The van der Waals surface area contributed by atoms with Gasteiger partial charge in [-0.1, -0.05) is 71.7 Å². The predicted molar refractivity (Wildman–Crippen MR) is 167 cm³/mol. The summed E-state index contributed by atoms with van der Waals surface area (Å²) in [5, 5.41) is 14.1. The first-order valence-corrected chi connectivity index (χ1v) is 15.3. The monoisotopic (exact) mass is 621 g/mol. The first-order valence-electron chi connectivity index (χ1n) is 14.5. The van der Waals surface area contributed by atoms with Gasteiger partial charge in [-0.15, -0.1) is 0 Å². The van der Waals surface area contributed by atoms with Crippen LogP contribution in [0.3, 0.4) is 0 Å². The summed E-state index contributed by atoms with van der Waals surface area (Å²) in [4.78, 5) is 18.8. The lowest BCUT2D eigenvalue weighted by molar-refractivity contribution is 0.132. The van der Waals surface area contributed by atoms with E-state index in [2.05, 4.69) is 51.1 Å². The third-order valence-corrected chi connectivity index (χ3v) is 8.66. The molecule has 0 aliphatic heterocycles. The second-order valence-corrected chi connectivity index (χ2v) is 11.8. The number of fused-ring (bicyclic) bond motifs is 1. The van der Waals surface area contributed by atoms with Gasteiger partial charge in [0.05, 0.1) is 23.4 Å². The molecular weight excluding hydrogens is 590 g/mol. The Morgan fingerprint density at radius 1 is 1.00 bits per heavy atom. The Morgan fingerprint density at radius 3 is 2.45 bits per heavy atom. The quantitative estimate of drug-likeness (QED) is 0.181. The Labute approximate surface area is 253 Å². The van der Waals surface area contributed by atoms with Gasteiger partial charge < -0.3 is 4.74 Å². The Hall–Kier alpha value is -4.22. The molecule has 1 saturated carbocycles. The molecule has 1 aliphatic carbocycles. The number of aryl methyl sites for hydroxylation is 1. The molecular formula is C34H32BrN5O2. The van der Waals surface area contributed by atoms with Crippen LogP contribution < -0.4 is 10.3 Å². The summed E-state index contributed by atoms with van der Waals surface area (Å²) in [5.41, 5.74) is 5.30. The zero-order valence-electron chi connectivity index (χ0n) is 23.5. The van der Waals surface area contributed by atoms with Crippen LogP contribution in [0.25, 0.3) is 16.9 Å². The third kappa shape index (κ3) is 5.62. The van der Waals surface area contributed by atoms with E-state index in [0.717, 1.165) is 76.7 Å². The molecule has 42 heavy (non-hydrogen) atoms. The van der Waals surface area contributed by atoms with E-state index in [1.165, 1.54) is 0 Å². The van der Waals surface area contributed by atoms with Crippen molar-refractivity contribution >= 4 is 21.7 Å². The Balaban J connectivity index is 1.29. The number of hydrogen-bond donors (Lipinski definition) is 0. The second kappa shape index (κ2) is 12.3. The van der Waals surface area contributed by atoms with Crippen molar-refractivity contribution < 1.29 is 4.74 Å². The highest BCUT2D eigenvalue weighted by atomic mass is 79.9. The highest BCUT2D eigenvalue weighted by Gasteiger charge is 2.28. The number of benzene rings is 3. The number of nitriles is 1. The first kappa shape index (κ1) is 27.9. The molecule has 1 fully saturated rings. The van der Waals surface area contributed by atoms with Gasteiger partial charge in [-0.05, 0) is 79.1 Å². The van der Waals surface area contributed by atoms with E-state index in [4.69, 9.17) is 4.74 Å². The molecule has 3 aromatic carbocycles. The zero-order chi connectivity index (χ0) is 29.1. The van der Waals surface area contributed by atoms with Gasteiger partial charge in [-0.25, -0.2) is 4.52 Å². The van der Waals surface area contributed by atoms with Gasteiger partial charge in [0.2, 0.25) is 5.78 Å². The molecule has 0 bridgehead atoms. The number of nitrogens with zero attached hydrogens (tertiary/aromatic N) is 5. The van der Waals surface area contributed by atoms with Gasteiger partial charge in [0.1, 0.15) is 12.1 Å². The van der Waals surface area contributed by atoms with Crippen LogP contribution in [0.4, 0.5) is 0 Å². The van der Waals surface area contributed by atoms with Crippen molar-refractivity contribution in [1.82, 2.24) is 19.2 Å². The SMILES string of the molecule is CCCc1c(Cc2ccc(-c3ccccc3C#N)cc2)c(=O)n([C@H]2CC[C@H](Oc3ccc(Br)cc3)CC2)c2ncnn12. The number of hydrogen-bond acceptors (Lipinski definition) is 5. The van der Waals surface area contributed by atoms with Crippen LogP contribution in [-0.4, -0.2) is 25.3 Å². The largest absolute Gasteiger partial charge is 0.490 e. The van der Waals surface area contributed by atoms with E-state index in [1.54, 1.807) is 6.33 Å². The lowest BCUT2D eigenvalue weighted by atomic mass is 9.92. The van der Waals surface area contributed by atoms with E-state index in [1.807, 2.05) is 69.7 Å². The van der Waals surface area contributed by atoms with Crippen molar-refractivity contribution in [2.24, 2.45) is 0 Å². The molecule has 0 spiro atoms. The van der Waals surface area contributed by atoms with E-state index in [0.29, 0.717) is 17.8 Å². The van der Waals surface area contributed by atoms with E-state index in [9.17, 15) is 10.1 Å². The van der Waals surface area contributed by atoms with Gasteiger partial charge in [0.25, 0.3) is 5.56 Å². The summed E-state index contributed by atoms with van der Waals surface area (Å²) < 4.78 is 11.0. The summed E-state index contributed by atoms with van der Waals surface area (Å²) in [6.07, 6.45) is 7.23. The molecule has 2 heterocycles. The number of halogens is 1. The lowest BCUT2D eigenvalue weighted by Gasteiger charge is -2.31. The van der Waals surface area contributed by atoms with Crippen molar-refractivity contribution in [1.29, 1.82) is 5.26 Å². The molecule has 0 saturated heterocycles. The fourth-order valence-electron chi connectivity index (χ4n) is 6.04. The first-order chi connectivity index (χ1) is 20.6. The van der Waals surface area contributed by atoms with Crippen LogP contribution in [0.5, 0.6) is 5.75 Å². The minimum absolute atomic E-state index is 0.0233.